The topological polar surface area (TPSA) is 24.7 Å². The Hall–Kier alpha value is -2.74. The summed E-state index contributed by atoms with van der Waals surface area (Å²) in [5.41, 5.74) is 5.96. The van der Waals surface area contributed by atoms with E-state index in [0.29, 0.717) is 0 Å². The van der Waals surface area contributed by atoms with Crippen LogP contribution in [0.4, 0.5) is 11.4 Å². The lowest BCUT2D eigenvalue weighted by atomic mass is 10.0. The second-order valence-electron chi connectivity index (χ2n) is 25.1. The first-order valence-corrected chi connectivity index (χ1v) is 36.4. The molecule has 80 heavy (non-hydrogen) atoms. The predicted molar refractivity (Wildman–Crippen MR) is 365 cm³/mol. The fourth-order valence-electron chi connectivity index (χ4n) is 11.9. The second-order valence-corrected chi connectivity index (χ2v) is 25.1. The zero-order chi connectivity index (χ0) is 56.8. The molecule has 0 bridgehead atoms. The molecule has 458 valence electrons. The molecule has 2 aromatic carbocycles. The third-order valence-electron chi connectivity index (χ3n) is 17.3. The van der Waals surface area contributed by atoms with Gasteiger partial charge in [-0.25, -0.2) is 0 Å². The molecule has 2 aromatic rings. The summed E-state index contributed by atoms with van der Waals surface area (Å²) in [6.45, 7) is 6.89. The van der Waals surface area contributed by atoms with Crippen LogP contribution in [0, 0.1) is 0 Å². The zero-order valence-corrected chi connectivity index (χ0v) is 54.2. The average Bonchev–Trinajstić information content (AvgIpc) is 3.48. The second kappa shape index (κ2) is 60.8. The Bertz CT molecular complexity index is 1680. The number of hydrogen-bond acceptors (Lipinski definition) is 2. The molecule has 2 rings (SSSR count). The van der Waals surface area contributed by atoms with Crippen LogP contribution in [-0.2, 0) is 12.8 Å². The molecule has 0 unspecified atom stereocenters. The molecule has 0 aromatic heterocycles. The molecule has 0 atom stereocenters. The maximum Gasteiger partial charge on any atom is 0.0665 e. The minimum Gasteiger partial charge on any atom is -0.255 e. The number of para-hydroxylation sites is 2. The van der Waals surface area contributed by atoms with Crippen molar-refractivity contribution in [3.05, 3.63) is 84.0 Å². The summed E-state index contributed by atoms with van der Waals surface area (Å²) in [6, 6.07) is 17.5. The molecule has 0 aliphatic rings. The number of aryl methyl sites for hydroxylation is 2. The van der Waals surface area contributed by atoms with Gasteiger partial charge in [0.15, 0.2) is 0 Å². The lowest BCUT2D eigenvalue weighted by Crippen LogP contribution is -2.00. The summed E-state index contributed by atoms with van der Waals surface area (Å²) in [4.78, 5) is 10.3. The molecular weight excluding hydrogens is 965 g/mol. The molecular formula is C78H136N2. The van der Waals surface area contributed by atoms with Gasteiger partial charge in [-0.1, -0.05) is 383 Å². The minimum atomic E-state index is 0.957. The van der Waals surface area contributed by atoms with Crippen molar-refractivity contribution in [1.82, 2.24) is 0 Å². The highest BCUT2D eigenvalue weighted by atomic mass is 14.8. The number of benzene rings is 2. The average molecular weight is 1100 g/mol. The Morgan fingerprint density at radius 2 is 0.525 bits per heavy atom. The molecule has 0 saturated heterocycles. The van der Waals surface area contributed by atoms with Gasteiger partial charge in [0.2, 0.25) is 0 Å². The van der Waals surface area contributed by atoms with Gasteiger partial charge in [0.1, 0.15) is 0 Å². The fraction of sp³-hybridized carbons (Fsp3) is 0.769. The van der Waals surface area contributed by atoms with E-state index in [4.69, 9.17) is 9.98 Å². The number of nitrogens with zero attached hydrogens (tertiary/aromatic N) is 2. The quantitative estimate of drug-likeness (QED) is 0.0358. The van der Waals surface area contributed by atoms with Crippen LogP contribution in [0.5, 0.6) is 0 Å². The van der Waals surface area contributed by atoms with E-state index in [-0.39, 0.29) is 0 Å². The van der Waals surface area contributed by atoms with Crippen LogP contribution in [0.25, 0.3) is 0 Å². The monoisotopic (exact) mass is 1100 g/mol. The predicted octanol–water partition coefficient (Wildman–Crippen LogP) is 27.9. The van der Waals surface area contributed by atoms with Gasteiger partial charge in [0.25, 0.3) is 0 Å². The van der Waals surface area contributed by atoms with Crippen LogP contribution >= 0.6 is 0 Å². The molecule has 0 fully saturated rings. The van der Waals surface area contributed by atoms with Crippen LogP contribution in [-0.4, -0.2) is 11.9 Å². The smallest absolute Gasteiger partial charge is 0.0665 e. The highest BCUT2D eigenvalue weighted by molar-refractivity contribution is 6.31. The van der Waals surface area contributed by atoms with Crippen LogP contribution in [0.2, 0.25) is 0 Å². The largest absolute Gasteiger partial charge is 0.255 e. The molecule has 0 amide bonds. The van der Waals surface area contributed by atoms with E-state index in [2.05, 4.69) is 99.8 Å². The minimum absolute atomic E-state index is 0.957. The van der Waals surface area contributed by atoms with E-state index < -0.39 is 0 Å². The molecule has 0 heterocycles. The van der Waals surface area contributed by atoms with Crippen molar-refractivity contribution in [2.24, 2.45) is 9.98 Å². The van der Waals surface area contributed by atoms with Crippen LogP contribution in [0.15, 0.2) is 82.8 Å². The van der Waals surface area contributed by atoms with Crippen molar-refractivity contribution in [1.29, 1.82) is 0 Å². The van der Waals surface area contributed by atoms with E-state index >= 15 is 0 Å². The number of aliphatic imine (C=N–C) groups is 2. The Morgan fingerprint density at radius 3 is 0.838 bits per heavy atom. The molecule has 0 radical (unpaired) electrons. The first-order valence-electron chi connectivity index (χ1n) is 36.4. The number of allylic oxidation sites excluding steroid dienone is 4. The summed E-state index contributed by atoms with van der Waals surface area (Å²) in [5.74, 6) is 0. The maximum atomic E-state index is 5.26. The standard InChI is InChI=1S/C78H136N2/c1-4-7-10-12-14-16-18-20-22-24-26-28-30-32-34-36-38-40-42-44-46-48-50-52-54-56-58-60-66-74-68-62-64-71-77(74)79-73-76(70-9-6-3)80-78-72-65-63-69-75(78)67-61-59-57-55-53-51-49-47-45-43-41-39-37-35-33-31-29-27-25-23-21-19-17-15-13-11-8-5-2/h56-59,62-65,68-69,71-73H,4-55,60-61,66-67,70H2,1-3H3. The summed E-state index contributed by atoms with van der Waals surface area (Å²) < 4.78 is 0. The molecule has 0 aliphatic carbocycles. The van der Waals surface area contributed by atoms with E-state index in [1.165, 1.54) is 332 Å². The van der Waals surface area contributed by atoms with Crippen molar-refractivity contribution in [2.45, 2.75) is 387 Å². The third-order valence-corrected chi connectivity index (χ3v) is 17.3. The van der Waals surface area contributed by atoms with Crippen molar-refractivity contribution in [3.63, 3.8) is 0 Å². The number of rotatable bonds is 62. The summed E-state index contributed by atoms with van der Waals surface area (Å²) in [7, 11) is 0. The summed E-state index contributed by atoms with van der Waals surface area (Å²) in [6.07, 6.45) is 91.1. The van der Waals surface area contributed by atoms with Gasteiger partial charge >= 0.3 is 0 Å². The van der Waals surface area contributed by atoms with Gasteiger partial charge in [-0.05, 0) is 87.5 Å². The highest BCUT2D eigenvalue weighted by Gasteiger charge is 2.06. The first kappa shape index (κ1) is 73.4. The van der Waals surface area contributed by atoms with Crippen molar-refractivity contribution in [3.8, 4) is 0 Å². The number of unbranched alkanes of at least 4 members (excludes halogenated alkanes) is 49. The van der Waals surface area contributed by atoms with Gasteiger partial charge in [-0.2, -0.15) is 0 Å². The van der Waals surface area contributed by atoms with Crippen LogP contribution in [0.1, 0.15) is 385 Å². The fourth-order valence-corrected chi connectivity index (χ4v) is 11.9. The third kappa shape index (κ3) is 48.8. The normalized spacial score (nSPS) is 12.2. The van der Waals surface area contributed by atoms with Crippen molar-refractivity contribution in [2.75, 3.05) is 0 Å². The van der Waals surface area contributed by atoms with Crippen LogP contribution in [0.3, 0.4) is 0 Å². The van der Waals surface area contributed by atoms with E-state index in [9.17, 15) is 0 Å². The molecule has 0 N–H and O–H groups in total. The van der Waals surface area contributed by atoms with Gasteiger partial charge in [-0.15, -0.1) is 0 Å². The van der Waals surface area contributed by atoms with E-state index in [1.54, 1.807) is 0 Å². The van der Waals surface area contributed by atoms with Gasteiger partial charge < -0.3 is 0 Å². The van der Waals surface area contributed by atoms with E-state index in [0.717, 1.165) is 62.0 Å². The maximum absolute atomic E-state index is 5.26. The van der Waals surface area contributed by atoms with Crippen molar-refractivity contribution < 1.29 is 0 Å². The lowest BCUT2D eigenvalue weighted by Gasteiger charge is -2.07. The Kier molecular flexibility index (Phi) is 55.8. The Morgan fingerprint density at radius 1 is 0.275 bits per heavy atom. The van der Waals surface area contributed by atoms with Crippen molar-refractivity contribution >= 4 is 23.3 Å². The Balaban J connectivity index is 1.49. The molecule has 2 heteroatoms. The SMILES string of the molecule is CCCCCCCCCCCCCCCCCCCCCCCCCCC=CCCc1ccccc1N=CC(CCCC)=Nc1ccccc1CCC=CCCCCCCCCCCCCCCCCCCCCCCCCCC. The van der Waals surface area contributed by atoms with Gasteiger partial charge in [0, 0.05) is 6.21 Å². The Labute approximate surface area is 501 Å². The molecule has 0 aliphatic heterocycles. The summed E-state index contributed by atoms with van der Waals surface area (Å²) in [5, 5.41) is 0. The lowest BCUT2D eigenvalue weighted by molar-refractivity contribution is 0.517. The van der Waals surface area contributed by atoms with E-state index in [1.807, 2.05) is 0 Å². The highest BCUT2D eigenvalue weighted by Crippen LogP contribution is 2.25. The van der Waals surface area contributed by atoms with Crippen LogP contribution < -0.4 is 0 Å². The molecule has 0 saturated carbocycles. The first-order chi connectivity index (χ1) is 39.8. The number of hydrogen-bond donors (Lipinski definition) is 0. The van der Waals surface area contributed by atoms with Gasteiger partial charge in [0.05, 0.1) is 17.1 Å². The molecule has 0 spiro atoms. The zero-order valence-electron chi connectivity index (χ0n) is 54.2. The molecule has 2 nitrogen and oxygen atoms in total. The summed E-state index contributed by atoms with van der Waals surface area (Å²) >= 11 is 0. The van der Waals surface area contributed by atoms with Gasteiger partial charge in [-0.3, -0.25) is 9.98 Å².